The molecule has 114 valence electrons. The van der Waals surface area contributed by atoms with Gasteiger partial charge in [-0.15, -0.1) is 0 Å². The molecule has 3 heteroatoms. The van der Waals surface area contributed by atoms with Crippen LogP contribution in [0.2, 0.25) is 5.02 Å². The number of halogens is 2. The number of hydrogen-bond donors (Lipinski definition) is 1. The Balaban J connectivity index is 2.15. The van der Waals surface area contributed by atoms with E-state index < -0.39 is 6.10 Å². The van der Waals surface area contributed by atoms with Gasteiger partial charge in [0.05, 0.1) is 6.10 Å². The number of benzene rings is 1. The van der Waals surface area contributed by atoms with Gasteiger partial charge in [-0.1, -0.05) is 69.9 Å². The molecular formula is C17H26ClFO. The molecule has 0 bridgehead atoms. The molecule has 0 aliphatic heterocycles. The first kappa shape index (κ1) is 17.5. The molecule has 0 fully saturated rings. The second-order valence-electron chi connectivity index (χ2n) is 5.48. The van der Waals surface area contributed by atoms with E-state index in [1.807, 2.05) is 0 Å². The molecule has 0 aliphatic rings. The van der Waals surface area contributed by atoms with Crippen LogP contribution in [0, 0.1) is 5.82 Å². The summed E-state index contributed by atoms with van der Waals surface area (Å²) in [6.45, 7) is 2.22. The van der Waals surface area contributed by atoms with E-state index in [9.17, 15) is 9.50 Å². The zero-order valence-corrected chi connectivity index (χ0v) is 13.1. The first-order valence-corrected chi connectivity index (χ1v) is 8.15. The minimum atomic E-state index is -0.608. The summed E-state index contributed by atoms with van der Waals surface area (Å²) in [5, 5.41) is 10.4. The van der Waals surface area contributed by atoms with Crippen LogP contribution in [0.4, 0.5) is 4.39 Å². The fourth-order valence-corrected chi connectivity index (χ4v) is 2.64. The van der Waals surface area contributed by atoms with Crippen molar-refractivity contribution in [2.24, 2.45) is 0 Å². The number of hydrogen-bond acceptors (Lipinski definition) is 1. The Morgan fingerprint density at radius 3 is 2.20 bits per heavy atom. The second-order valence-corrected chi connectivity index (χ2v) is 5.92. The smallest absolute Gasteiger partial charge is 0.125 e. The maximum absolute atomic E-state index is 13.2. The van der Waals surface area contributed by atoms with E-state index in [1.165, 1.54) is 50.7 Å². The first-order valence-electron chi connectivity index (χ1n) is 7.77. The largest absolute Gasteiger partial charge is 0.388 e. The van der Waals surface area contributed by atoms with Crippen LogP contribution in [-0.2, 0) is 0 Å². The monoisotopic (exact) mass is 300 g/mol. The van der Waals surface area contributed by atoms with Gasteiger partial charge in [0.25, 0.3) is 0 Å². The maximum atomic E-state index is 13.2. The first-order chi connectivity index (χ1) is 9.63. The van der Waals surface area contributed by atoms with Crippen molar-refractivity contribution < 1.29 is 9.50 Å². The molecule has 0 spiro atoms. The Bertz CT molecular complexity index is 361. The van der Waals surface area contributed by atoms with Crippen molar-refractivity contribution in [2.75, 3.05) is 0 Å². The highest BCUT2D eigenvalue weighted by Crippen LogP contribution is 2.24. The molecule has 1 rings (SSSR count). The molecule has 1 N–H and O–H groups in total. The van der Waals surface area contributed by atoms with E-state index in [0.29, 0.717) is 17.0 Å². The average molecular weight is 301 g/mol. The van der Waals surface area contributed by atoms with Gasteiger partial charge in [-0.25, -0.2) is 4.39 Å². The van der Waals surface area contributed by atoms with Crippen LogP contribution < -0.4 is 0 Å². The van der Waals surface area contributed by atoms with Gasteiger partial charge in [0.2, 0.25) is 0 Å². The van der Waals surface area contributed by atoms with Crippen molar-refractivity contribution in [1.29, 1.82) is 0 Å². The lowest BCUT2D eigenvalue weighted by atomic mass is 10.0. The van der Waals surface area contributed by atoms with Gasteiger partial charge >= 0.3 is 0 Å². The molecule has 1 aromatic carbocycles. The van der Waals surface area contributed by atoms with E-state index in [1.54, 1.807) is 6.07 Å². The average Bonchev–Trinajstić information content (AvgIpc) is 2.40. The van der Waals surface area contributed by atoms with E-state index in [2.05, 4.69) is 6.92 Å². The van der Waals surface area contributed by atoms with Crippen molar-refractivity contribution in [2.45, 2.75) is 70.8 Å². The summed E-state index contributed by atoms with van der Waals surface area (Å²) >= 11 is 5.79. The topological polar surface area (TPSA) is 20.2 Å². The molecule has 0 aromatic heterocycles. The molecule has 0 amide bonds. The van der Waals surface area contributed by atoms with Gasteiger partial charge in [0.1, 0.15) is 5.82 Å². The zero-order valence-electron chi connectivity index (χ0n) is 12.4. The van der Waals surface area contributed by atoms with E-state index in [4.69, 9.17) is 11.6 Å². The van der Waals surface area contributed by atoms with Crippen LogP contribution in [0.1, 0.15) is 76.4 Å². The Hall–Kier alpha value is -0.600. The Morgan fingerprint density at radius 1 is 1.00 bits per heavy atom. The molecular weight excluding hydrogens is 275 g/mol. The van der Waals surface area contributed by atoms with Gasteiger partial charge in [-0.2, -0.15) is 0 Å². The third kappa shape index (κ3) is 7.25. The number of aliphatic hydroxyl groups excluding tert-OH is 1. The van der Waals surface area contributed by atoms with Crippen molar-refractivity contribution in [3.05, 3.63) is 34.6 Å². The standard InChI is InChI=1S/C17H26ClFO/c1-2-3-4-5-6-7-8-9-10-17(20)14-11-15(18)13-16(19)12-14/h11-13,17,20H,2-10H2,1H3. The summed E-state index contributed by atoms with van der Waals surface area (Å²) in [6, 6.07) is 4.26. The van der Waals surface area contributed by atoms with Crippen LogP contribution in [0.3, 0.4) is 0 Å². The van der Waals surface area contributed by atoms with Crippen molar-refractivity contribution >= 4 is 11.6 Å². The Kier molecular flexibility index (Phi) is 8.88. The Labute approximate surface area is 127 Å². The molecule has 0 aliphatic carbocycles. The summed E-state index contributed by atoms with van der Waals surface area (Å²) in [4.78, 5) is 0. The molecule has 0 heterocycles. The molecule has 0 saturated heterocycles. The Morgan fingerprint density at radius 2 is 1.60 bits per heavy atom. The third-order valence-electron chi connectivity index (χ3n) is 3.60. The summed E-state index contributed by atoms with van der Waals surface area (Å²) < 4.78 is 13.2. The highest BCUT2D eigenvalue weighted by atomic mass is 35.5. The second kappa shape index (κ2) is 10.2. The molecule has 0 saturated carbocycles. The van der Waals surface area contributed by atoms with Gasteiger partial charge in [0, 0.05) is 5.02 Å². The fraction of sp³-hybridized carbons (Fsp3) is 0.647. The molecule has 1 unspecified atom stereocenters. The third-order valence-corrected chi connectivity index (χ3v) is 3.82. The molecule has 0 radical (unpaired) electrons. The number of rotatable bonds is 10. The lowest BCUT2D eigenvalue weighted by Gasteiger charge is -2.11. The zero-order chi connectivity index (χ0) is 14.8. The van der Waals surface area contributed by atoms with Crippen LogP contribution in [0.15, 0.2) is 18.2 Å². The van der Waals surface area contributed by atoms with Crippen LogP contribution in [0.25, 0.3) is 0 Å². The predicted molar refractivity (Wildman–Crippen MR) is 83.6 cm³/mol. The van der Waals surface area contributed by atoms with E-state index in [0.717, 1.165) is 12.8 Å². The quantitative estimate of drug-likeness (QED) is 0.522. The highest BCUT2D eigenvalue weighted by Gasteiger charge is 2.09. The molecule has 1 nitrogen and oxygen atoms in total. The molecule has 1 aromatic rings. The van der Waals surface area contributed by atoms with E-state index in [-0.39, 0.29) is 5.82 Å². The SMILES string of the molecule is CCCCCCCCCCC(O)c1cc(F)cc(Cl)c1. The van der Waals surface area contributed by atoms with Crippen LogP contribution >= 0.6 is 11.6 Å². The fourth-order valence-electron chi connectivity index (χ4n) is 2.41. The summed E-state index contributed by atoms with van der Waals surface area (Å²) in [6.07, 6.45) is 9.94. The number of aliphatic hydroxyl groups is 1. The van der Waals surface area contributed by atoms with Gasteiger partial charge in [0.15, 0.2) is 0 Å². The summed E-state index contributed by atoms with van der Waals surface area (Å²) in [7, 11) is 0. The van der Waals surface area contributed by atoms with Gasteiger partial charge < -0.3 is 5.11 Å². The van der Waals surface area contributed by atoms with Crippen molar-refractivity contribution in [3.63, 3.8) is 0 Å². The minimum absolute atomic E-state index is 0.343. The summed E-state index contributed by atoms with van der Waals surface area (Å²) in [5.74, 6) is -0.387. The van der Waals surface area contributed by atoms with Gasteiger partial charge in [-0.3, -0.25) is 0 Å². The number of unbranched alkanes of at least 4 members (excludes halogenated alkanes) is 7. The minimum Gasteiger partial charge on any atom is -0.388 e. The van der Waals surface area contributed by atoms with Crippen molar-refractivity contribution in [1.82, 2.24) is 0 Å². The van der Waals surface area contributed by atoms with Crippen molar-refractivity contribution in [3.8, 4) is 0 Å². The predicted octanol–water partition coefficient (Wildman–Crippen LogP) is 6.04. The summed E-state index contributed by atoms with van der Waals surface area (Å²) in [5.41, 5.74) is 0.581. The maximum Gasteiger partial charge on any atom is 0.125 e. The lowest BCUT2D eigenvalue weighted by Crippen LogP contribution is -1.98. The van der Waals surface area contributed by atoms with Crippen LogP contribution in [-0.4, -0.2) is 5.11 Å². The highest BCUT2D eigenvalue weighted by molar-refractivity contribution is 6.30. The normalized spacial score (nSPS) is 12.6. The van der Waals surface area contributed by atoms with Gasteiger partial charge in [-0.05, 0) is 30.2 Å². The van der Waals surface area contributed by atoms with E-state index >= 15 is 0 Å². The lowest BCUT2D eigenvalue weighted by molar-refractivity contribution is 0.163. The molecule has 1 atom stereocenters. The molecule has 20 heavy (non-hydrogen) atoms. The van der Waals surface area contributed by atoms with Crippen LogP contribution in [0.5, 0.6) is 0 Å².